The molecule has 2 aromatic rings. The Bertz CT molecular complexity index is 726. The third kappa shape index (κ3) is 3.19. The van der Waals surface area contributed by atoms with Crippen molar-refractivity contribution in [2.75, 3.05) is 24.2 Å². The minimum absolute atomic E-state index is 0.255. The number of thiazole rings is 1. The summed E-state index contributed by atoms with van der Waals surface area (Å²) in [6.07, 6.45) is 6.42. The first-order valence-electron chi connectivity index (χ1n) is 8.23. The zero-order valence-electron chi connectivity index (χ0n) is 13.2. The lowest BCUT2D eigenvalue weighted by Crippen LogP contribution is -2.48. The molecule has 1 atom stereocenters. The minimum Gasteiger partial charge on any atom is -0.351 e. The molecule has 1 amide bonds. The molecule has 1 saturated heterocycles. The van der Waals surface area contributed by atoms with E-state index in [9.17, 15) is 4.79 Å². The summed E-state index contributed by atoms with van der Waals surface area (Å²) in [5.41, 5.74) is 1.11. The molecular weight excluding hydrogens is 326 g/mol. The van der Waals surface area contributed by atoms with E-state index in [1.165, 1.54) is 9.60 Å². The van der Waals surface area contributed by atoms with Crippen molar-refractivity contribution in [3.8, 4) is 0 Å². The van der Waals surface area contributed by atoms with Gasteiger partial charge in [-0.25, -0.2) is 4.98 Å². The highest BCUT2D eigenvalue weighted by Crippen LogP contribution is 2.35. The summed E-state index contributed by atoms with van der Waals surface area (Å²) >= 11 is 3.51. The average Bonchev–Trinajstić information content (AvgIpc) is 3.33. The Balaban J connectivity index is 1.51. The fourth-order valence-electron chi connectivity index (χ4n) is 3.14. The van der Waals surface area contributed by atoms with Crippen LogP contribution in [0.15, 0.2) is 23.1 Å². The predicted molar refractivity (Wildman–Crippen MR) is 97.5 cm³/mol. The highest BCUT2D eigenvalue weighted by molar-refractivity contribution is 7.98. The topological polar surface area (TPSA) is 45.2 Å². The standard InChI is InChI=1S/C17H21N3OS2/c1-22-13-5-2-6-14-15(13)19-17(23-14)20-9-3-4-12(10-20)18-16(21)11-7-8-11/h2,5-6,11-12H,3-4,7-10H2,1H3,(H,18,21). The molecule has 1 aliphatic heterocycles. The zero-order chi connectivity index (χ0) is 15.8. The molecule has 4 nitrogen and oxygen atoms in total. The van der Waals surface area contributed by atoms with E-state index in [0.29, 0.717) is 0 Å². The van der Waals surface area contributed by atoms with Crippen molar-refractivity contribution in [2.24, 2.45) is 5.92 Å². The number of hydrogen-bond donors (Lipinski definition) is 1. The number of nitrogens with zero attached hydrogens (tertiary/aromatic N) is 2. The number of thioether (sulfide) groups is 1. The normalized spacial score (nSPS) is 21.6. The van der Waals surface area contributed by atoms with E-state index in [1.54, 1.807) is 23.1 Å². The lowest BCUT2D eigenvalue weighted by atomic mass is 10.1. The number of fused-ring (bicyclic) bond motifs is 1. The number of para-hydroxylation sites is 1. The average molecular weight is 348 g/mol. The molecule has 1 aromatic heterocycles. The Morgan fingerprint density at radius 1 is 1.39 bits per heavy atom. The van der Waals surface area contributed by atoms with Crippen molar-refractivity contribution in [3.05, 3.63) is 18.2 Å². The van der Waals surface area contributed by atoms with Gasteiger partial charge in [-0.3, -0.25) is 4.79 Å². The number of amides is 1. The van der Waals surface area contributed by atoms with Gasteiger partial charge in [-0.2, -0.15) is 0 Å². The van der Waals surface area contributed by atoms with Crippen molar-refractivity contribution in [1.29, 1.82) is 0 Å². The number of anilines is 1. The van der Waals surface area contributed by atoms with Gasteiger partial charge in [0.05, 0.1) is 10.2 Å². The van der Waals surface area contributed by atoms with Crippen LogP contribution in [-0.2, 0) is 4.79 Å². The van der Waals surface area contributed by atoms with Gasteiger partial charge in [0.25, 0.3) is 0 Å². The fraction of sp³-hybridized carbons (Fsp3) is 0.529. The SMILES string of the molecule is CSc1cccc2sc(N3CCCC(NC(=O)C4CC4)C3)nc12. The summed E-state index contributed by atoms with van der Waals surface area (Å²) < 4.78 is 1.25. The van der Waals surface area contributed by atoms with Gasteiger partial charge in [-0.1, -0.05) is 17.4 Å². The lowest BCUT2D eigenvalue weighted by Gasteiger charge is -2.33. The van der Waals surface area contributed by atoms with E-state index in [4.69, 9.17) is 4.98 Å². The summed E-state index contributed by atoms with van der Waals surface area (Å²) in [6, 6.07) is 6.65. The molecule has 2 heterocycles. The zero-order valence-corrected chi connectivity index (χ0v) is 14.9. The van der Waals surface area contributed by atoms with Crippen molar-refractivity contribution >= 4 is 44.4 Å². The van der Waals surface area contributed by atoms with Gasteiger partial charge in [-0.05, 0) is 44.1 Å². The Morgan fingerprint density at radius 2 is 2.26 bits per heavy atom. The lowest BCUT2D eigenvalue weighted by molar-refractivity contribution is -0.123. The van der Waals surface area contributed by atoms with E-state index in [-0.39, 0.29) is 17.9 Å². The van der Waals surface area contributed by atoms with Crippen LogP contribution in [0.1, 0.15) is 25.7 Å². The largest absolute Gasteiger partial charge is 0.351 e. The van der Waals surface area contributed by atoms with Crippen LogP contribution in [0.3, 0.4) is 0 Å². The van der Waals surface area contributed by atoms with E-state index in [2.05, 4.69) is 34.7 Å². The molecule has 0 bridgehead atoms. The number of hydrogen-bond acceptors (Lipinski definition) is 5. The van der Waals surface area contributed by atoms with Gasteiger partial charge in [0, 0.05) is 29.9 Å². The maximum Gasteiger partial charge on any atom is 0.223 e. The predicted octanol–water partition coefficient (Wildman–Crippen LogP) is 3.51. The van der Waals surface area contributed by atoms with Crippen molar-refractivity contribution in [3.63, 3.8) is 0 Å². The summed E-state index contributed by atoms with van der Waals surface area (Å²) in [4.78, 5) is 20.5. The molecule has 1 unspecified atom stereocenters. The van der Waals surface area contributed by atoms with Crippen molar-refractivity contribution < 1.29 is 4.79 Å². The minimum atomic E-state index is 0.255. The number of aromatic nitrogens is 1. The van der Waals surface area contributed by atoms with Crippen molar-refractivity contribution in [1.82, 2.24) is 10.3 Å². The molecule has 0 spiro atoms. The van der Waals surface area contributed by atoms with E-state index in [0.717, 1.165) is 49.4 Å². The first-order chi connectivity index (χ1) is 11.2. The van der Waals surface area contributed by atoms with Crippen LogP contribution >= 0.6 is 23.1 Å². The van der Waals surface area contributed by atoms with Crippen LogP contribution in [0, 0.1) is 5.92 Å². The second-order valence-electron chi connectivity index (χ2n) is 6.37. The quantitative estimate of drug-likeness (QED) is 0.860. The van der Waals surface area contributed by atoms with Gasteiger partial charge in [-0.15, -0.1) is 11.8 Å². The second kappa shape index (κ2) is 6.32. The maximum absolute atomic E-state index is 12.0. The highest BCUT2D eigenvalue weighted by Gasteiger charge is 2.32. The molecule has 0 radical (unpaired) electrons. The van der Waals surface area contributed by atoms with Crippen LogP contribution in [0.4, 0.5) is 5.13 Å². The summed E-state index contributed by atoms with van der Waals surface area (Å²) in [5.74, 6) is 0.544. The summed E-state index contributed by atoms with van der Waals surface area (Å²) in [5, 5.41) is 4.32. The van der Waals surface area contributed by atoms with Crippen LogP contribution < -0.4 is 10.2 Å². The number of nitrogens with one attached hydrogen (secondary N) is 1. The van der Waals surface area contributed by atoms with E-state index < -0.39 is 0 Å². The smallest absolute Gasteiger partial charge is 0.223 e. The molecule has 23 heavy (non-hydrogen) atoms. The molecular formula is C17H21N3OS2. The molecule has 4 rings (SSSR count). The molecule has 1 N–H and O–H groups in total. The third-order valence-corrected chi connectivity index (χ3v) is 6.43. The number of rotatable bonds is 4. The first-order valence-corrected chi connectivity index (χ1v) is 10.3. The second-order valence-corrected chi connectivity index (χ2v) is 8.23. The molecule has 122 valence electrons. The third-order valence-electron chi connectivity index (χ3n) is 4.58. The van der Waals surface area contributed by atoms with Crippen molar-refractivity contribution in [2.45, 2.75) is 36.6 Å². The van der Waals surface area contributed by atoms with E-state index in [1.807, 2.05) is 0 Å². The number of benzene rings is 1. The van der Waals surface area contributed by atoms with Crippen LogP contribution in [-0.4, -0.2) is 36.3 Å². The number of piperidine rings is 1. The van der Waals surface area contributed by atoms with Crippen LogP contribution in [0.5, 0.6) is 0 Å². The highest BCUT2D eigenvalue weighted by atomic mass is 32.2. The molecule has 1 saturated carbocycles. The van der Waals surface area contributed by atoms with E-state index >= 15 is 0 Å². The van der Waals surface area contributed by atoms with Gasteiger partial charge in [0.1, 0.15) is 0 Å². The van der Waals surface area contributed by atoms with Gasteiger partial charge < -0.3 is 10.2 Å². The van der Waals surface area contributed by atoms with Crippen LogP contribution in [0.25, 0.3) is 10.2 Å². The Hall–Kier alpha value is -1.27. The molecule has 6 heteroatoms. The Labute approximate surface area is 144 Å². The Kier molecular flexibility index (Phi) is 4.20. The van der Waals surface area contributed by atoms with Gasteiger partial charge in [0.15, 0.2) is 5.13 Å². The number of carbonyl (C=O) groups excluding carboxylic acids is 1. The molecule has 1 aromatic carbocycles. The number of carbonyl (C=O) groups is 1. The monoisotopic (exact) mass is 347 g/mol. The first kappa shape index (κ1) is 15.3. The maximum atomic E-state index is 12.0. The molecule has 2 fully saturated rings. The van der Waals surface area contributed by atoms with Crippen LogP contribution in [0.2, 0.25) is 0 Å². The summed E-state index contributed by atoms with van der Waals surface area (Å²) in [6.45, 7) is 1.91. The molecule has 2 aliphatic rings. The van der Waals surface area contributed by atoms with Gasteiger partial charge >= 0.3 is 0 Å². The molecule has 1 aliphatic carbocycles. The Morgan fingerprint density at radius 3 is 3.04 bits per heavy atom. The summed E-state index contributed by atoms with van der Waals surface area (Å²) in [7, 11) is 0. The van der Waals surface area contributed by atoms with Gasteiger partial charge in [0.2, 0.25) is 5.91 Å². The fourth-order valence-corrected chi connectivity index (χ4v) is 4.80.